The molecule has 2 aliphatic rings. The summed E-state index contributed by atoms with van der Waals surface area (Å²) in [4.78, 5) is 0. The topological polar surface area (TPSA) is 12.0 Å². The van der Waals surface area contributed by atoms with E-state index in [2.05, 4.69) is 67.7 Å². The van der Waals surface area contributed by atoms with Gasteiger partial charge in [0.25, 0.3) is 0 Å². The van der Waals surface area contributed by atoms with Crippen LogP contribution in [-0.2, 0) is 6.54 Å². The van der Waals surface area contributed by atoms with Crippen LogP contribution in [0.2, 0.25) is 0 Å². The highest BCUT2D eigenvalue weighted by molar-refractivity contribution is 5.64. The Morgan fingerprint density at radius 1 is 1.00 bits per heavy atom. The molecule has 0 spiro atoms. The molecule has 1 heteroatoms. The van der Waals surface area contributed by atoms with Gasteiger partial charge in [-0.05, 0) is 59.3 Å². The lowest BCUT2D eigenvalue weighted by atomic mass is 9.55. The summed E-state index contributed by atoms with van der Waals surface area (Å²) in [5, 5.41) is 3.70. The van der Waals surface area contributed by atoms with Crippen LogP contribution in [0, 0.1) is 11.8 Å². The zero-order chi connectivity index (χ0) is 15.8. The molecule has 0 bridgehead atoms. The van der Waals surface area contributed by atoms with Crippen LogP contribution in [0.5, 0.6) is 0 Å². The molecule has 1 N–H and O–H groups in total. The molecule has 0 radical (unpaired) electrons. The third-order valence-corrected chi connectivity index (χ3v) is 6.00. The Morgan fingerprint density at radius 2 is 1.83 bits per heavy atom. The summed E-state index contributed by atoms with van der Waals surface area (Å²) < 4.78 is 0. The van der Waals surface area contributed by atoms with Gasteiger partial charge in [0.1, 0.15) is 0 Å². The molecule has 2 aromatic carbocycles. The van der Waals surface area contributed by atoms with Crippen molar-refractivity contribution in [2.24, 2.45) is 11.8 Å². The van der Waals surface area contributed by atoms with E-state index in [1.165, 1.54) is 30.5 Å². The second-order valence-electron chi connectivity index (χ2n) is 7.62. The molecule has 0 saturated heterocycles. The average molecular weight is 305 g/mol. The second kappa shape index (κ2) is 6.03. The van der Waals surface area contributed by atoms with Crippen LogP contribution in [-0.4, -0.2) is 0 Å². The van der Waals surface area contributed by atoms with Gasteiger partial charge in [-0.2, -0.15) is 0 Å². The number of nitrogens with one attached hydrogen (secondary N) is 1. The lowest BCUT2D eigenvalue weighted by Gasteiger charge is -2.50. The highest BCUT2D eigenvalue weighted by Crippen LogP contribution is 2.60. The van der Waals surface area contributed by atoms with Gasteiger partial charge in [0.2, 0.25) is 0 Å². The van der Waals surface area contributed by atoms with Crippen molar-refractivity contribution in [1.29, 1.82) is 0 Å². The molecule has 3 atom stereocenters. The summed E-state index contributed by atoms with van der Waals surface area (Å²) in [6.45, 7) is 5.73. The van der Waals surface area contributed by atoms with Crippen molar-refractivity contribution in [3.8, 4) is 0 Å². The van der Waals surface area contributed by atoms with E-state index in [1.807, 2.05) is 0 Å². The first kappa shape index (κ1) is 14.8. The van der Waals surface area contributed by atoms with Crippen molar-refractivity contribution in [2.45, 2.75) is 51.5 Å². The van der Waals surface area contributed by atoms with Crippen molar-refractivity contribution < 1.29 is 0 Å². The molecule has 1 nitrogen and oxygen atoms in total. The van der Waals surface area contributed by atoms with Crippen LogP contribution in [0.4, 0.5) is 5.69 Å². The van der Waals surface area contributed by atoms with Gasteiger partial charge in [0.15, 0.2) is 0 Å². The van der Waals surface area contributed by atoms with Gasteiger partial charge >= 0.3 is 0 Å². The predicted octanol–water partition coefficient (Wildman–Crippen LogP) is 5.94. The van der Waals surface area contributed by atoms with E-state index in [4.69, 9.17) is 0 Å². The number of fused-ring (bicyclic) bond motifs is 4. The minimum Gasteiger partial charge on any atom is -0.381 e. The maximum absolute atomic E-state index is 3.70. The highest BCUT2D eigenvalue weighted by Gasteiger charge is 2.46. The molecule has 0 amide bonds. The Kier molecular flexibility index (Phi) is 3.88. The third-order valence-electron chi connectivity index (χ3n) is 6.00. The van der Waals surface area contributed by atoms with Gasteiger partial charge in [-0.3, -0.25) is 0 Å². The molecule has 0 aromatic heterocycles. The lowest BCUT2D eigenvalue weighted by molar-refractivity contribution is 0.187. The quantitative estimate of drug-likeness (QED) is 0.737. The third kappa shape index (κ3) is 2.56. The Morgan fingerprint density at radius 3 is 2.61 bits per heavy atom. The first-order valence-corrected chi connectivity index (χ1v) is 9.16. The van der Waals surface area contributed by atoms with E-state index < -0.39 is 0 Å². The Balaban J connectivity index is 1.58. The lowest BCUT2D eigenvalue weighted by Crippen LogP contribution is -2.37. The molecule has 2 aliphatic carbocycles. The van der Waals surface area contributed by atoms with Gasteiger partial charge in [0.05, 0.1) is 0 Å². The van der Waals surface area contributed by atoms with Crippen molar-refractivity contribution in [3.63, 3.8) is 0 Å². The molecule has 1 saturated carbocycles. The average Bonchev–Trinajstić information content (AvgIpc) is 2.57. The van der Waals surface area contributed by atoms with Crippen molar-refractivity contribution in [2.75, 3.05) is 5.32 Å². The van der Waals surface area contributed by atoms with E-state index in [-0.39, 0.29) is 0 Å². The Labute approximate surface area is 140 Å². The van der Waals surface area contributed by atoms with Crippen LogP contribution in [0.15, 0.2) is 48.5 Å². The first-order valence-electron chi connectivity index (χ1n) is 9.16. The van der Waals surface area contributed by atoms with E-state index in [9.17, 15) is 0 Å². The molecule has 2 aromatic rings. The number of benzene rings is 2. The summed E-state index contributed by atoms with van der Waals surface area (Å²) >= 11 is 0. The van der Waals surface area contributed by atoms with Gasteiger partial charge in [0, 0.05) is 12.2 Å². The molecule has 4 rings (SSSR count). The van der Waals surface area contributed by atoms with Gasteiger partial charge in [-0.15, -0.1) is 0 Å². The van der Waals surface area contributed by atoms with Crippen molar-refractivity contribution in [1.82, 2.24) is 0 Å². The van der Waals surface area contributed by atoms with Gasteiger partial charge < -0.3 is 5.32 Å². The zero-order valence-electron chi connectivity index (χ0n) is 14.3. The monoisotopic (exact) mass is 305 g/mol. The number of hydrogen-bond donors (Lipinski definition) is 1. The predicted molar refractivity (Wildman–Crippen MR) is 97.9 cm³/mol. The van der Waals surface area contributed by atoms with E-state index in [0.717, 1.165) is 30.2 Å². The summed E-state index contributed by atoms with van der Waals surface area (Å²) in [6, 6.07) is 17.6. The maximum Gasteiger partial charge on any atom is 0.0400 e. The fourth-order valence-electron chi connectivity index (χ4n) is 4.89. The van der Waals surface area contributed by atoms with Gasteiger partial charge in [-0.25, -0.2) is 0 Å². The molecule has 1 fully saturated rings. The standard InChI is InChI=1S/C22H27N/c1-15(2)17-10-6-11-18-21(17)19-12-7-13-20(22(18)19)23-14-16-8-4-3-5-9-16/h3-5,7-9,12-13,15,17-18,21,23H,6,10-11,14H2,1-2H3. The highest BCUT2D eigenvalue weighted by atomic mass is 14.9. The normalized spacial score (nSPS) is 25.4. The summed E-state index contributed by atoms with van der Waals surface area (Å²) in [7, 11) is 0. The van der Waals surface area contributed by atoms with E-state index in [0.29, 0.717) is 0 Å². The molecule has 0 aliphatic heterocycles. The SMILES string of the molecule is CC(C)C1CCCC2c3c(NCc4ccccc4)cccc3C21. The van der Waals surface area contributed by atoms with Crippen molar-refractivity contribution in [3.05, 3.63) is 65.2 Å². The number of rotatable bonds is 4. The van der Waals surface area contributed by atoms with Crippen LogP contribution in [0.3, 0.4) is 0 Å². The first-order chi connectivity index (χ1) is 11.3. The molecule has 120 valence electrons. The van der Waals surface area contributed by atoms with E-state index >= 15 is 0 Å². The van der Waals surface area contributed by atoms with Crippen LogP contribution in [0.1, 0.15) is 61.6 Å². The smallest absolute Gasteiger partial charge is 0.0400 e. The van der Waals surface area contributed by atoms with Crippen molar-refractivity contribution >= 4 is 5.69 Å². The Hall–Kier alpha value is -1.76. The molecular weight excluding hydrogens is 278 g/mol. The molecule has 3 unspecified atom stereocenters. The largest absolute Gasteiger partial charge is 0.381 e. The summed E-state index contributed by atoms with van der Waals surface area (Å²) in [5.41, 5.74) is 5.98. The Bertz CT molecular complexity index is 674. The van der Waals surface area contributed by atoms with E-state index in [1.54, 1.807) is 11.1 Å². The fraction of sp³-hybridized carbons (Fsp3) is 0.455. The van der Waals surface area contributed by atoms with Crippen LogP contribution >= 0.6 is 0 Å². The maximum atomic E-state index is 3.70. The molecule has 0 heterocycles. The fourth-order valence-corrected chi connectivity index (χ4v) is 4.89. The minimum atomic E-state index is 0.797. The second-order valence-corrected chi connectivity index (χ2v) is 7.62. The molecule has 23 heavy (non-hydrogen) atoms. The minimum absolute atomic E-state index is 0.797. The molecular formula is C22H27N. The number of hydrogen-bond acceptors (Lipinski definition) is 1. The summed E-state index contributed by atoms with van der Waals surface area (Å²) in [6.07, 6.45) is 4.20. The zero-order valence-corrected chi connectivity index (χ0v) is 14.3. The van der Waals surface area contributed by atoms with Crippen LogP contribution in [0.25, 0.3) is 0 Å². The van der Waals surface area contributed by atoms with Gasteiger partial charge in [-0.1, -0.05) is 62.7 Å². The number of anilines is 1. The van der Waals surface area contributed by atoms with Crippen LogP contribution < -0.4 is 5.32 Å². The summed E-state index contributed by atoms with van der Waals surface area (Å²) in [5.74, 6) is 3.30.